The molecule has 0 saturated carbocycles. The second-order valence-corrected chi connectivity index (χ2v) is 11.2. The maximum absolute atomic E-state index is 12.9. The van der Waals surface area contributed by atoms with Gasteiger partial charge in [-0.15, -0.1) is 12.4 Å². The molecule has 196 valence electrons. The molecule has 0 unspecified atom stereocenters. The third kappa shape index (κ3) is 7.71. The normalized spacial score (nSPS) is 21.3. The lowest BCUT2D eigenvalue weighted by molar-refractivity contribution is -0.133. The van der Waals surface area contributed by atoms with E-state index in [9.17, 15) is 18.0 Å². The molecule has 9 heteroatoms. The van der Waals surface area contributed by atoms with Crippen molar-refractivity contribution in [3.8, 4) is 0 Å². The van der Waals surface area contributed by atoms with Crippen molar-refractivity contribution in [3.63, 3.8) is 0 Å². The van der Waals surface area contributed by atoms with Gasteiger partial charge in [-0.1, -0.05) is 57.6 Å². The number of fused-ring (bicyclic) bond motifs is 1. The summed E-state index contributed by atoms with van der Waals surface area (Å²) in [5.74, 6) is -0.833. The van der Waals surface area contributed by atoms with E-state index in [2.05, 4.69) is 29.5 Å². The Bertz CT molecular complexity index is 942. The van der Waals surface area contributed by atoms with E-state index in [-0.39, 0.29) is 18.3 Å². The van der Waals surface area contributed by atoms with Crippen LogP contribution in [0.1, 0.15) is 71.1 Å². The molecule has 3 rings (SSSR count). The molecular formula is C26H40ClN3O4S. The van der Waals surface area contributed by atoms with Crippen LogP contribution < -0.4 is 0 Å². The van der Waals surface area contributed by atoms with Crippen LogP contribution in [0.5, 0.6) is 0 Å². The fraction of sp³-hybridized carbons (Fsp3) is 0.615. The summed E-state index contributed by atoms with van der Waals surface area (Å²) in [5, 5.41) is 0. The SMILES string of the molecule is CCC[C@H]1C(=O)N(S(C)(=O)=O)C2=CCN(C(=O)CCCCCCCCCN3C=CC=CC=C3)[C@@H]21.Cl. The molecule has 3 heterocycles. The maximum Gasteiger partial charge on any atom is 0.246 e. The van der Waals surface area contributed by atoms with E-state index in [1.165, 1.54) is 25.7 Å². The largest absolute Gasteiger partial charge is 0.354 e. The van der Waals surface area contributed by atoms with Gasteiger partial charge in [-0.3, -0.25) is 9.59 Å². The number of hydrogen-bond donors (Lipinski definition) is 0. The Labute approximate surface area is 217 Å². The predicted molar refractivity (Wildman–Crippen MR) is 142 cm³/mol. The molecule has 2 atom stereocenters. The van der Waals surface area contributed by atoms with Crippen molar-refractivity contribution in [1.29, 1.82) is 0 Å². The summed E-state index contributed by atoms with van der Waals surface area (Å²) in [6.45, 7) is 3.39. The number of allylic oxidation sites excluding steroid dienone is 4. The number of amides is 2. The molecule has 1 saturated heterocycles. The Hall–Kier alpha value is -2.06. The molecule has 35 heavy (non-hydrogen) atoms. The third-order valence-electron chi connectivity index (χ3n) is 6.72. The van der Waals surface area contributed by atoms with E-state index < -0.39 is 27.9 Å². The van der Waals surface area contributed by atoms with E-state index >= 15 is 0 Å². The van der Waals surface area contributed by atoms with Crippen LogP contribution in [0.3, 0.4) is 0 Å². The molecule has 0 aliphatic carbocycles. The van der Waals surface area contributed by atoms with E-state index in [1.807, 2.05) is 19.1 Å². The van der Waals surface area contributed by atoms with Gasteiger partial charge in [0.25, 0.3) is 0 Å². The third-order valence-corrected chi connectivity index (χ3v) is 7.77. The first-order valence-corrected chi connectivity index (χ1v) is 14.5. The van der Waals surface area contributed by atoms with Crippen molar-refractivity contribution in [1.82, 2.24) is 14.1 Å². The zero-order chi connectivity index (χ0) is 24.6. The topological polar surface area (TPSA) is 78.0 Å². The minimum Gasteiger partial charge on any atom is -0.354 e. The average Bonchev–Trinajstić information content (AvgIpc) is 3.18. The van der Waals surface area contributed by atoms with Crippen molar-refractivity contribution in [2.75, 3.05) is 19.3 Å². The Balaban J connectivity index is 0.00000432. The van der Waals surface area contributed by atoms with Crippen LogP contribution in [0, 0.1) is 5.92 Å². The molecule has 0 spiro atoms. The molecule has 3 aliphatic heterocycles. The van der Waals surface area contributed by atoms with Gasteiger partial charge >= 0.3 is 0 Å². The molecule has 7 nitrogen and oxygen atoms in total. The molecule has 0 aromatic rings. The number of rotatable bonds is 13. The highest BCUT2D eigenvalue weighted by Gasteiger charge is 2.53. The monoisotopic (exact) mass is 525 g/mol. The minimum atomic E-state index is -3.68. The molecule has 0 aromatic carbocycles. The van der Waals surface area contributed by atoms with Gasteiger partial charge in [-0.2, -0.15) is 0 Å². The smallest absolute Gasteiger partial charge is 0.246 e. The lowest BCUT2D eigenvalue weighted by atomic mass is 9.95. The summed E-state index contributed by atoms with van der Waals surface area (Å²) in [6.07, 6.45) is 24.7. The van der Waals surface area contributed by atoms with Crippen molar-refractivity contribution < 1.29 is 18.0 Å². The average molecular weight is 526 g/mol. The fourth-order valence-corrected chi connectivity index (χ4v) is 6.10. The molecule has 2 amide bonds. The van der Waals surface area contributed by atoms with Gasteiger partial charge in [0.1, 0.15) is 0 Å². The van der Waals surface area contributed by atoms with E-state index in [0.29, 0.717) is 25.1 Å². The summed E-state index contributed by atoms with van der Waals surface area (Å²) >= 11 is 0. The molecule has 0 radical (unpaired) electrons. The summed E-state index contributed by atoms with van der Waals surface area (Å²) in [4.78, 5) is 29.7. The zero-order valence-corrected chi connectivity index (χ0v) is 22.6. The first kappa shape index (κ1) is 29.2. The predicted octanol–water partition coefficient (Wildman–Crippen LogP) is 4.74. The number of unbranched alkanes of at least 4 members (excludes halogenated alkanes) is 6. The number of sulfonamides is 1. The van der Waals surface area contributed by atoms with Crippen LogP contribution >= 0.6 is 12.4 Å². The van der Waals surface area contributed by atoms with Gasteiger partial charge in [-0.25, -0.2) is 12.7 Å². The van der Waals surface area contributed by atoms with Gasteiger partial charge < -0.3 is 9.80 Å². The van der Waals surface area contributed by atoms with Crippen molar-refractivity contribution in [2.24, 2.45) is 5.92 Å². The Morgan fingerprint density at radius 2 is 1.57 bits per heavy atom. The number of nitrogens with zero attached hydrogens (tertiary/aromatic N) is 3. The Morgan fingerprint density at radius 3 is 2.17 bits per heavy atom. The second-order valence-electron chi connectivity index (χ2n) is 9.41. The Morgan fingerprint density at radius 1 is 0.971 bits per heavy atom. The van der Waals surface area contributed by atoms with Crippen LogP contribution in [0.2, 0.25) is 0 Å². The van der Waals surface area contributed by atoms with Gasteiger partial charge in [0.2, 0.25) is 21.8 Å². The highest BCUT2D eigenvalue weighted by molar-refractivity contribution is 7.89. The van der Waals surface area contributed by atoms with Crippen molar-refractivity contribution >= 4 is 34.2 Å². The van der Waals surface area contributed by atoms with Crippen molar-refractivity contribution in [3.05, 3.63) is 48.5 Å². The van der Waals surface area contributed by atoms with Gasteiger partial charge in [-0.05, 0) is 37.5 Å². The molecule has 3 aliphatic rings. The minimum absolute atomic E-state index is 0. The fourth-order valence-electron chi connectivity index (χ4n) is 5.07. The van der Waals surface area contributed by atoms with E-state index in [0.717, 1.165) is 42.8 Å². The zero-order valence-electron chi connectivity index (χ0n) is 21.0. The van der Waals surface area contributed by atoms with Gasteiger partial charge in [0, 0.05) is 31.9 Å². The summed E-state index contributed by atoms with van der Waals surface area (Å²) in [5.41, 5.74) is 0.474. The van der Waals surface area contributed by atoms with Crippen molar-refractivity contribution in [2.45, 2.75) is 77.2 Å². The first-order valence-electron chi connectivity index (χ1n) is 12.7. The quantitative estimate of drug-likeness (QED) is 0.324. The second kappa shape index (κ2) is 13.9. The maximum atomic E-state index is 12.9. The van der Waals surface area contributed by atoms with Crippen LogP contribution in [-0.4, -0.2) is 59.7 Å². The molecular weight excluding hydrogens is 486 g/mol. The molecule has 0 N–H and O–H groups in total. The number of halogens is 1. The van der Waals surface area contributed by atoms with E-state index in [4.69, 9.17) is 0 Å². The molecule has 0 aromatic heterocycles. The van der Waals surface area contributed by atoms with Crippen LogP contribution in [0.4, 0.5) is 0 Å². The number of carbonyl (C=O) groups is 2. The van der Waals surface area contributed by atoms with Gasteiger partial charge in [0.15, 0.2) is 0 Å². The highest BCUT2D eigenvalue weighted by Crippen LogP contribution is 2.40. The lowest BCUT2D eigenvalue weighted by Gasteiger charge is -2.27. The first-order chi connectivity index (χ1) is 16.3. The standard InChI is InChI=1S/C26H39N3O4S.ClH/c1-3-15-22-25-23(29(26(22)31)34(2,32)33)17-21-28(25)24(30)16-11-7-5-4-6-8-12-18-27-19-13-9-10-14-20-27;/h9-10,13-14,17,19-20,22,25H,3-8,11-12,15-16,18,21H2,1-2H3;1H/t22-,25-;/m1./s1. The summed E-state index contributed by atoms with van der Waals surface area (Å²) in [6, 6.07) is -0.431. The number of carbonyl (C=O) groups excluding carboxylic acids is 2. The molecule has 0 bridgehead atoms. The van der Waals surface area contributed by atoms with Gasteiger partial charge in [0.05, 0.1) is 23.9 Å². The number of hydrogen-bond acceptors (Lipinski definition) is 5. The molecule has 1 fully saturated rings. The highest BCUT2D eigenvalue weighted by atomic mass is 35.5. The Kier molecular flexibility index (Phi) is 11.6. The van der Waals surface area contributed by atoms with E-state index in [1.54, 1.807) is 11.0 Å². The van der Waals surface area contributed by atoms with Crippen LogP contribution in [0.25, 0.3) is 0 Å². The summed E-state index contributed by atoms with van der Waals surface area (Å²) in [7, 11) is -3.68. The summed E-state index contributed by atoms with van der Waals surface area (Å²) < 4.78 is 25.3. The van der Waals surface area contributed by atoms with Crippen LogP contribution in [-0.2, 0) is 19.6 Å². The van der Waals surface area contributed by atoms with Crippen LogP contribution in [0.15, 0.2) is 48.5 Å². The lowest BCUT2D eigenvalue weighted by Crippen LogP contribution is -2.41.